The molecule has 12 nitrogen and oxygen atoms in total. The van der Waals surface area contributed by atoms with Gasteiger partial charge in [0.15, 0.2) is 17.5 Å². The number of anilines is 2. The standard InChI is InChI=1S/C51H56F4IN7O5/c1-28-45-37-17-12-32(63(37)38(64)22-50(2,3)4)26-62(45)47-40-44(58-49(59-47)67-27-51-18-7-19-61(51)25-31(52)21-51)42(55)43(57-48(40)68-28)39-36(56)20-35(53)46(41(39)54)60(23-29-8-13-33(65-5)14-9-29)24-30-10-15-34(66-6)16-11-30/h8-11,13-16,20,28,31-32,37,45H,7,12,17-19,21-27H2,1-6H3/t28-,31+,32+,37-,45+,51-/m0/s1. The molecule has 0 spiro atoms. The highest BCUT2D eigenvalue weighted by Crippen LogP contribution is 2.49. The van der Waals surface area contributed by atoms with Crippen molar-refractivity contribution in [2.75, 3.05) is 50.3 Å². The van der Waals surface area contributed by atoms with Crippen LogP contribution in [0.15, 0.2) is 54.6 Å². The Bertz CT molecular complexity index is 2700. The molecular weight excluding hydrogens is 994 g/mol. The first-order valence-electron chi connectivity index (χ1n) is 23.4. The van der Waals surface area contributed by atoms with Gasteiger partial charge in [-0.05, 0) is 109 Å². The van der Waals surface area contributed by atoms with Crippen LogP contribution in [-0.4, -0.2) is 107 Å². The van der Waals surface area contributed by atoms with E-state index in [2.05, 4.69) is 9.80 Å². The number of carbonyl (C=O) groups is 1. The number of ether oxygens (including phenoxy) is 4. The van der Waals surface area contributed by atoms with Crippen LogP contribution >= 0.6 is 22.6 Å². The summed E-state index contributed by atoms with van der Waals surface area (Å²) < 4.78 is 91.3. The average molecular weight is 1050 g/mol. The zero-order chi connectivity index (χ0) is 47.8. The van der Waals surface area contributed by atoms with Crippen molar-refractivity contribution in [1.82, 2.24) is 24.8 Å². The maximum atomic E-state index is 17.9. The van der Waals surface area contributed by atoms with E-state index < -0.39 is 47.0 Å². The van der Waals surface area contributed by atoms with Gasteiger partial charge in [0, 0.05) is 48.6 Å². The number of fused-ring (bicyclic) bond motifs is 6. The number of pyridine rings is 1. The van der Waals surface area contributed by atoms with E-state index in [1.54, 1.807) is 43.4 Å². The molecule has 0 unspecified atom stereocenters. The van der Waals surface area contributed by atoms with E-state index in [1.165, 1.54) is 6.07 Å². The van der Waals surface area contributed by atoms with Gasteiger partial charge in [0.1, 0.15) is 58.5 Å². The van der Waals surface area contributed by atoms with E-state index in [1.807, 2.05) is 79.5 Å². The smallest absolute Gasteiger partial charge is 0.319 e. The molecule has 0 saturated carbocycles. The van der Waals surface area contributed by atoms with Crippen LogP contribution in [0.2, 0.25) is 0 Å². The molecule has 5 aromatic rings. The summed E-state index contributed by atoms with van der Waals surface area (Å²) in [5.41, 5.74) is -0.570. The minimum Gasteiger partial charge on any atom is -0.497 e. The van der Waals surface area contributed by atoms with Crippen LogP contribution in [0.25, 0.3) is 22.2 Å². The van der Waals surface area contributed by atoms with E-state index in [-0.39, 0.29) is 80.7 Å². The molecule has 10 rings (SSSR count). The first-order valence-corrected chi connectivity index (χ1v) is 24.5. The Kier molecular flexibility index (Phi) is 12.3. The molecule has 68 heavy (non-hydrogen) atoms. The van der Waals surface area contributed by atoms with Crippen molar-refractivity contribution in [3.8, 4) is 34.6 Å². The van der Waals surface area contributed by atoms with Crippen LogP contribution in [0, 0.1) is 26.4 Å². The Morgan fingerprint density at radius 3 is 2.26 bits per heavy atom. The largest absolute Gasteiger partial charge is 0.497 e. The number of alkyl halides is 1. The minimum atomic E-state index is -1.02. The van der Waals surface area contributed by atoms with Gasteiger partial charge in [0.25, 0.3) is 0 Å². The molecule has 0 aliphatic carbocycles. The molecule has 17 heteroatoms. The van der Waals surface area contributed by atoms with Crippen molar-refractivity contribution < 1.29 is 41.3 Å². The second-order valence-electron chi connectivity index (χ2n) is 20.2. The van der Waals surface area contributed by atoms with Crippen LogP contribution in [0.4, 0.5) is 29.1 Å². The van der Waals surface area contributed by atoms with Gasteiger partial charge in [-0.15, -0.1) is 0 Å². The number of nitrogens with zero attached hydrogens (tertiary/aromatic N) is 7. The number of halogens is 5. The Labute approximate surface area is 407 Å². The molecule has 2 aromatic heterocycles. The summed E-state index contributed by atoms with van der Waals surface area (Å²) in [6, 6.07) is 14.6. The molecule has 0 radical (unpaired) electrons. The molecule has 5 aliphatic rings. The van der Waals surface area contributed by atoms with E-state index in [4.69, 9.17) is 33.9 Å². The number of amides is 1. The fourth-order valence-electron chi connectivity index (χ4n) is 11.4. The SMILES string of the molecule is COc1ccc(CN(Cc2ccc(OC)cc2)c2c(F)cc(I)c(-c3nc4c5c(nc(OC[C@@]67CCCN6C[C@H](F)C7)nc5c3F)N3C[C@H]5CC[C@@H]([C@H]3[C@H](C)O4)N5C(=O)CC(C)(C)C)c2F)cc1. The van der Waals surface area contributed by atoms with Crippen LogP contribution in [0.3, 0.4) is 0 Å². The summed E-state index contributed by atoms with van der Waals surface area (Å²) in [7, 11) is 3.12. The maximum Gasteiger partial charge on any atom is 0.319 e. The Morgan fingerprint density at radius 1 is 0.941 bits per heavy atom. The summed E-state index contributed by atoms with van der Waals surface area (Å²) in [5.74, 6) is -1.20. The van der Waals surface area contributed by atoms with Gasteiger partial charge in [0.2, 0.25) is 11.8 Å². The number of carbonyl (C=O) groups excluding carboxylic acids is 1. The van der Waals surface area contributed by atoms with Crippen molar-refractivity contribution in [3.05, 3.63) is 86.7 Å². The summed E-state index contributed by atoms with van der Waals surface area (Å²) in [4.78, 5) is 36.3. The van der Waals surface area contributed by atoms with E-state index in [0.29, 0.717) is 43.2 Å². The second kappa shape index (κ2) is 18.0. The maximum absolute atomic E-state index is 17.9. The van der Waals surface area contributed by atoms with E-state index >= 15 is 13.2 Å². The van der Waals surface area contributed by atoms with E-state index in [9.17, 15) is 9.18 Å². The molecule has 1 amide bonds. The van der Waals surface area contributed by atoms with Gasteiger partial charge < -0.3 is 33.6 Å². The topological polar surface area (TPSA) is 106 Å². The molecule has 7 heterocycles. The highest BCUT2D eigenvalue weighted by molar-refractivity contribution is 14.1. The van der Waals surface area contributed by atoms with Crippen molar-refractivity contribution >= 4 is 50.9 Å². The third-order valence-electron chi connectivity index (χ3n) is 14.4. The molecule has 3 aromatic carbocycles. The Morgan fingerprint density at radius 2 is 1.62 bits per heavy atom. The number of benzene rings is 3. The quantitative estimate of drug-likeness (QED) is 0.0882. The summed E-state index contributed by atoms with van der Waals surface area (Å²) in [6.45, 7) is 9.75. The lowest BCUT2D eigenvalue weighted by molar-refractivity contribution is -0.138. The number of methoxy groups -OCH3 is 2. The van der Waals surface area contributed by atoms with Crippen LogP contribution < -0.4 is 28.7 Å². The van der Waals surface area contributed by atoms with Gasteiger partial charge in [-0.1, -0.05) is 45.0 Å². The lowest BCUT2D eigenvalue weighted by Gasteiger charge is -2.48. The minimum absolute atomic E-state index is 0.0192. The number of piperazine rings is 1. The number of hydrogen-bond acceptors (Lipinski definition) is 11. The van der Waals surface area contributed by atoms with Crippen molar-refractivity contribution in [2.45, 2.75) is 115 Å². The molecule has 360 valence electrons. The first-order chi connectivity index (χ1) is 32.5. The van der Waals surface area contributed by atoms with Crippen LogP contribution in [0.1, 0.15) is 77.3 Å². The van der Waals surface area contributed by atoms with Gasteiger partial charge >= 0.3 is 6.01 Å². The number of hydrogen-bond donors (Lipinski definition) is 0. The molecule has 0 N–H and O–H groups in total. The summed E-state index contributed by atoms with van der Waals surface area (Å²) in [6.07, 6.45) is 2.20. The van der Waals surface area contributed by atoms with Crippen molar-refractivity contribution in [2.24, 2.45) is 5.41 Å². The summed E-state index contributed by atoms with van der Waals surface area (Å²) >= 11 is 1.82. The molecule has 4 saturated heterocycles. The molecule has 2 bridgehead atoms. The number of aromatic nitrogens is 3. The van der Waals surface area contributed by atoms with Gasteiger partial charge in [0.05, 0.1) is 37.4 Å². The van der Waals surface area contributed by atoms with Crippen LogP contribution in [0.5, 0.6) is 23.4 Å². The molecule has 6 atom stereocenters. The Hall–Kier alpha value is -5.17. The third kappa shape index (κ3) is 8.42. The van der Waals surface area contributed by atoms with Crippen molar-refractivity contribution in [1.29, 1.82) is 0 Å². The lowest BCUT2D eigenvalue weighted by atomic mass is 9.90. The fourth-order valence-corrected chi connectivity index (χ4v) is 12.2. The predicted octanol–water partition coefficient (Wildman–Crippen LogP) is 9.66. The van der Waals surface area contributed by atoms with E-state index in [0.717, 1.165) is 43.4 Å². The molecular formula is C51H56F4IN7O5. The first kappa shape index (κ1) is 46.6. The van der Waals surface area contributed by atoms with Crippen molar-refractivity contribution in [3.63, 3.8) is 0 Å². The number of rotatable bonds is 12. The summed E-state index contributed by atoms with van der Waals surface area (Å²) in [5, 5.41) is 0.186. The Balaban J connectivity index is 1.11. The third-order valence-corrected chi connectivity index (χ3v) is 15.3. The molecule has 4 fully saturated rings. The van der Waals surface area contributed by atoms with Gasteiger partial charge in [-0.3, -0.25) is 9.69 Å². The normalized spacial score (nSPS) is 24.1. The monoisotopic (exact) mass is 1050 g/mol. The highest BCUT2D eigenvalue weighted by atomic mass is 127. The highest BCUT2D eigenvalue weighted by Gasteiger charge is 2.54. The van der Waals surface area contributed by atoms with Gasteiger partial charge in [-0.2, -0.15) is 9.97 Å². The molecule has 5 aliphatic heterocycles. The lowest BCUT2D eigenvalue weighted by Crippen LogP contribution is -2.65. The zero-order valence-corrected chi connectivity index (χ0v) is 41.3. The predicted molar refractivity (Wildman–Crippen MR) is 259 cm³/mol. The average Bonchev–Trinajstić information content (AvgIpc) is 3.91. The fraction of sp³-hybridized carbons (Fsp3) is 0.490. The van der Waals surface area contributed by atoms with Crippen LogP contribution in [-0.2, 0) is 17.9 Å². The zero-order valence-electron chi connectivity index (χ0n) is 39.1. The van der Waals surface area contributed by atoms with Gasteiger partial charge in [-0.25, -0.2) is 22.5 Å². The second-order valence-corrected chi connectivity index (χ2v) is 21.4.